The highest BCUT2D eigenvalue weighted by molar-refractivity contribution is 9.10. The van der Waals surface area contributed by atoms with E-state index in [1.165, 1.54) is 7.11 Å². The second-order valence-corrected chi connectivity index (χ2v) is 8.06. The number of H-pyrrole nitrogens is 1. The molecule has 0 aliphatic carbocycles. The summed E-state index contributed by atoms with van der Waals surface area (Å²) in [6.45, 7) is -0.205. The minimum Gasteiger partial charge on any atom is -0.484 e. The van der Waals surface area contributed by atoms with Crippen LogP contribution in [-0.4, -0.2) is 36.6 Å². The third kappa shape index (κ3) is 4.88. The van der Waals surface area contributed by atoms with Gasteiger partial charge in [-0.05, 0) is 46.7 Å². The van der Waals surface area contributed by atoms with Crippen molar-refractivity contribution in [1.29, 1.82) is 0 Å². The van der Waals surface area contributed by atoms with Crippen molar-refractivity contribution in [3.8, 4) is 5.75 Å². The summed E-state index contributed by atoms with van der Waals surface area (Å²) in [5.74, 6) is -0.322. The van der Waals surface area contributed by atoms with Crippen LogP contribution < -0.4 is 10.1 Å². The number of hydrogen-bond donors (Lipinski definition) is 2. The molecule has 0 aliphatic rings. The molecule has 1 unspecified atom stereocenters. The molecule has 4 rings (SSSR count). The van der Waals surface area contributed by atoms with Crippen LogP contribution in [0.25, 0.3) is 21.7 Å². The average Bonchev–Trinajstić information content (AvgIpc) is 3.19. The van der Waals surface area contributed by atoms with E-state index < -0.39 is 17.9 Å². The minimum absolute atomic E-state index is 0.205. The number of ether oxygens (including phenoxy) is 2. The van der Waals surface area contributed by atoms with Crippen LogP contribution in [0.1, 0.15) is 5.56 Å². The van der Waals surface area contributed by atoms with Gasteiger partial charge in [0.05, 0.1) is 7.11 Å². The molecule has 0 fully saturated rings. The summed E-state index contributed by atoms with van der Waals surface area (Å²) in [5, 5.41) is 5.80. The maximum absolute atomic E-state index is 12.5. The topological polar surface area (TPSA) is 80.4 Å². The third-order valence-electron chi connectivity index (χ3n) is 5.06. The smallest absolute Gasteiger partial charge is 0.328 e. The van der Waals surface area contributed by atoms with Crippen molar-refractivity contribution in [3.63, 3.8) is 0 Å². The number of benzene rings is 3. The van der Waals surface area contributed by atoms with Gasteiger partial charge in [-0.1, -0.05) is 46.3 Å². The van der Waals surface area contributed by atoms with Crippen molar-refractivity contribution in [2.24, 2.45) is 0 Å². The number of fused-ring (bicyclic) bond motifs is 2. The fraction of sp³-hybridized carbons (Fsp3) is 0.167. The normalized spacial score (nSPS) is 11.9. The zero-order valence-electron chi connectivity index (χ0n) is 16.9. The van der Waals surface area contributed by atoms with Crippen LogP contribution in [-0.2, 0) is 20.7 Å². The molecule has 0 radical (unpaired) electrons. The van der Waals surface area contributed by atoms with E-state index in [0.717, 1.165) is 31.7 Å². The SMILES string of the molecule is COC(=O)C(Cc1c[nH]c2ccccc12)NC(=O)COc1ccc2cc(Br)ccc2c1. The van der Waals surface area contributed by atoms with Gasteiger partial charge in [0, 0.05) is 28.0 Å². The van der Waals surface area contributed by atoms with E-state index in [2.05, 4.69) is 26.2 Å². The second kappa shape index (κ2) is 9.22. The van der Waals surface area contributed by atoms with E-state index in [4.69, 9.17) is 9.47 Å². The van der Waals surface area contributed by atoms with E-state index >= 15 is 0 Å². The number of esters is 1. The second-order valence-electron chi connectivity index (χ2n) is 7.15. The molecule has 2 N–H and O–H groups in total. The van der Waals surface area contributed by atoms with Crippen molar-refractivity contribution in [2.45, 2.75) is 12.5 Å². The Morgan fingerprint density at radius 3 is 2.68 bits per heavy atom. The van der Waals surface area contributed by atoms with Crippen LogP contribution in [0.2, 0.25) is 0 Å². The number of nitrogens with one attached hydrogen (secondary N) is 2. The van der Waals surface area contributed by atoms with E-state index in [-0.39, 0.29) is 6.61 Å². The van der Waals surface area contributed by atoms with Crippen molar-refractivity contribution < 1.29 is 19.1 Å². The van der Waals surface area contributed by atoms with Gasteiger partial charge in [0.15, 0.2) is 6.61 Å². The zero-order valence-corrected chi connectivity index (χ0v) is 18.4. The lowest BCUT2D eigenvalue weighted by molar-refractivity contribution is -0.145. The largest absolute Gasteiger partial charge is 0.484 e. The molecule has 1 atom stereocenters. The van der Waals surface area contributed by atoms with Crippen molar-refractivity contribution in [3.05, 3.63) is 76.9 Å². The molecule has 0 bridgehead atoms. The molecule has 3 aromatic carbocycles. The first-order valence-electron chi connectivity index (χ1n) is 9.78. The van der Waals surface area contributed by atoms with Gasteiger partial charge in [0.1, 0.15) is 11.8 Å². The maximum atomic E-state index is 12.5. The minimum atomic E-state index is -0.811. The first kappa shape index (κ1) is 20.9. The number of para-hydroxylation sites is 1. The van der Waals surface area contributed by atoms with Crippen LogP contribution in [0.4, 0.5) is 0 Å². The van der Waals surface area contributed by atoms with Gasteiger partial charge < -0.3 is 19.8 Å². The van der Waals surface area contributed by atoms with Gasteiger partial charge in [-0.25, -0.2) is 4.79 Å². The quantitative estimate of drug-likeness (QED) is 0.385. The van der Waals surface area contributed by atoms with Gasteiger partial charge in [-0.3, -0.25) is 4.79 Å². The van der Waals surface area contributed by atoms with E-state index in [1.54, 1.807) is 0 Å². The first-order chi connectivity index (χ1) is 15.0. The van der Waals surface area contributed by atoms with E-state index in [1.807, 2.05) is 66.9 Å². The molecule has 4 aromatic rings. The number of carbonyl (C=O) groups is 2. The summed E-state index contributed by atoms with van der Waals surface area (Å²) in [4.78, 5) is 27.9. The molecule has 6 nitrogen and oxygen atoms in total. The van der Waals surface area contributed by atoms with Gasteiger partial charge in [-0.15, -0.1) is 0 Å². The Morgan fingerprint density at radius 1 is 1.06 bits per heavy atom. The summed E-state index contributed by atoms with van der Waals surface area (Å²) in [6, 6.07) is 18.5. The molecule has 1 aromatic heterocycles. The molecule has 0 spiro atoms. The highest BCUT2D eigenvalue weighted by atomic mass is 79.9. The number of aromatic amines is 1. The lowest BCUT2D eigenvalue weighted by Gasteiger charge is -2.16. The predicted octanol–water partition coefficient (Wildman–Crippen LogP) is 4.36. The molecule has 0 saturated heterocycles. The lowest BCUT2D eigenvalue weighted by atomic mass is 10.0. The van der Waals surface area contributed by atoms with Gasteiger partial charge in [0.25, 0.3) is 5.91 Å². The number of hydrogen-bond acceptors (Lipinski definition) is 4. The van der Waals surface area contributed by atoms with Crippen LogP contribution in [0.3, 0.4) is 0 Å². The monoisotopic (exact) mass is 480 g/mol. The Kier molecular flexibility index (Phi) is 6.23. The van der Waals surface area contributed by atoms with Crippen molar-refractivity contribution >= 4 is 49.5 Å². The van der Waals surface area contributed by atoms with Crippen LogP contribution in [0.15, 0.2) is 71.3 Å². The Hall–Kier alpha value is -3.32. The lowest BCUT2D eigenvalue weighted by Crippen LogP contribution is -2.44. The molecule has 7 heteroatoms. The summed E-state index contributed by atoms with van der Waals surface area (Å²) in [5.41, 5.74) is 1.90. The first-order valence-corrected chi connectivity index (χ1v) is 10.6. The van der Waals surface area contributed by atoms with Gasteiger partial charge in [0.2, 0.25) is 0 Å². The number of methoxy groups -OCH3 is 1. The average molecular weight is 481 g/mol. The van der Waals surface area contributed by atoms with Crippen LogP contribution in [0.5, 0.6) is 5.75 Å². The summed E-state index contributed by atoms with van der Waals surface area (Å²) in [6.07, 6.45) is 2.16. The van der Waals surface area contributed by atoms with Crippen LogP contribution >= 0.6 is 15.9 Å². The molecular weight excluding hydrogens is 460 g/mol. The number of carbonyl (C=O) groups excluding carboxylic acids is 2. The molecule has 31 heavy (non-hydrogen) atoms. The van der Waals surface area contributed by atoms with E-state index in [0.29, 0.717) is 12.2 Å². The van der Waals surface area contributed by atoms with Crippen LogP contribution in [0, 0.1) is 0 Å². The highest BCUT2D eigenvalue weighted by Crippen LogP contribution is 2.24. The number of rotatable bonds is 7. The fourth-order valence-corrected chi connectivity index (χ4v) is 3.90. The number of amides is 1. The Bertz CT molecular complexity index is 1250. The van der Waals surface area contributed by atoms with Gasteiger partial charge >= 0.3 is 5.97 Å². The van der Waals surface area contributed by atoms with E-state index in [9.17, 15) is 9.59 Å². The summed E-state index contributed by atoms with van der Waals surface area (Å²) < 4.78 is 11.5. The highest BCUT2D eigenvalue weighted by Gasteiger charge is 2.23. The Balaban J connectivity index is 1.42. The third-order valence-corrected chi connectivity index (χ3v) is 5.56. The molecular formula is C24H21BrN2O4. The van der Waals surface area contributed by atoms with Crippen molar-refractivity contribution in [2.75, 3.05) is 13.7 Å². The molecule has 1 amide bonds. The molecule has 0 saturated carbocycles. The summed E-state index contributed by atoms with van der Waals surface area (Å²) in [7, 11) is 1.31. The molecule has 1 heterocycles. The maximum Gasteiger partial charge on any atom is 0.328 e. The standard InChI is InChI=1S/C24H21BrN2O4/c1-30-24(29)22(12-17-13-26-21-5-3-2-4-20(17)21)27-23(28)14-31-19-9-7-15-10-18(25)8-6-16(15)11-19/h2-11,13,22,26H,12,14H2,1H3,(H,27,28). The molecule has 158 valence electrons. The Labute approximate surface area is 187 Å². The molecule has 0 aliphatic heterocycles. The number of halogens is 1. The predicted molar refractivity (Wildman–Crippen MR) is 123 cm³/mol. The summed E-state index contributed by atoms with van der Waals surface area (Å²) >= 11 is 3.45. The van der Waals surface area contributed by atoms with Crippen molar-refractivity contribution in [1.82, 2.24) is 10.3 Å². The fourth-order valence-electron chi connectivity index (χ4n) is 3.53. The Morgan fingerprint density at radius 2 is 1.84 bits per heavy atom. The number of aromatic nitrogens is 1. The van der Waals surface area contributed by atoms with Gasteiger partial charge in [-0.2, -0.15) is 0 Å². The zero-order chi connectivity index (χ0) is 21.8.